The fourth-order valence-electron chi connectivity index (χ4n) is 2.53. The van der Waals surface area contributed by atoms with E-state index in [1.807, 2.05) is 38.7 Å². The minimum atomic E-state index is -0.482. The smallest absolute Gasteiger partial charge is 0.398 e. The second-order valence-corrected chi connectivity index (χ2v) is 6.76. The zero-order valence-corrected chi connectivity index (χ0v) is 13.0. The molecule has 2 fully saturated rings. The maximum Gasteiger partial charge on any atom is 0.514 e. The lowest BCUT2D eigenvalue weighted by molar-refractivity contribution is 0.00578. The van der Waals surface area contributed by atoms with Crippen LogP contribution in [0.2, 0.25) is 0 Å². The summed E-state index contributed by atoms with van der Waals surface area (Å²) in [4.78, 5) is 10.8. The molecule has 0 spiro atoms. The first-order valence-electron chi connectivity index (χ1n) is 7.40. The molecule has 0 radical (unpaired) electrons. The molecular weight excluding hydrogens is 269 g/mol. The van der Waals surface area contributed by atoms with Crippen molar-refractivity contribution in [2.75, 3.05) is 18.0 Å². The average Bonchev–Trinajstić information content (AvgIpc) is 2.92. The molecule has 2 aliphatic heterocycles. The van der Waals surface area contributed by atoms with E-state index in [0.29, 0.717) is 12.5 Å². The van der Waals surface area contributed by atoms with Gasteiger partial charge in [-0.2, -0.15) is 0 Å². The van der Waals surface area contributed by atoms with E-state index in [-0.39, 0.29) is 17.3 Å². The van der Waals surface area contributed by atoms with Crippen LogP contribution in [0.15, 0.2) is 12.3 Å². The van der Waals surface area contributed by atoms with Crippen LogP contribution in [-0.2, 0) is 9.31 Å². The Balaban J connectivity index is 1.81. The van der Waals surface area contributed by atoms with E-state index in [1.165, 1.54) is 0 Å². The zero-order valence-electron chi connectivity index (χ0n) is 13.0. The number of aromatic nitrogens is 2. The molecule has 0 aromatic carbocycles. The van der Waals surface area contributed by atoms with Gasteiger partial charge in [0.1, 0.15) is 0 Å². The molecule has 114 valence electrons. The summed E-state index contributed by atoms with van der Waals surface area (Å²) in [6.45, 7) is 9.43. The first-order valence-corrected chi connectivity index (χ1v) is 7.40. The summed E-state index contributed by atoms with van der Waals surface area (Å²) in [5.74, 6) is 0.624. The third kappa shape index (κ3) is 2.65. The summed E-state index contributed by atoms with van der Waals surface area (Å²) in [6.07, 6.45) is 2.17. The molecule has 1 atom stereocenters. The maximum atomic E-state index is 9.63. The minimum Gasteiger partial charge on any atom is -0.398 e. The Bertz CT molecular complexity index is 522. The Kier molecular flexibility index (Phi) is 3.46. The van der Waals surface area contributed by atoms with Gasteiger partial charge >= 0.3 is 7.12 Å². The van der Waals surface area contributed by atoms with Gasteiger partial charge < -0.3 is 19.3 Å². The molecule has 0 bridgehead atoms. The van der Waals surface area contributed by atoms with Gasteiger partial charge in [0.25, 0.3) is 0 Å². The first kappa shape index (κ1) is 14.7. The number of aliphatic hydroxyl groups excluding tert-OH is 1. The van der Waals surface area contributed by atoms with Crippen LogP contribution in [0.25, 0.3) is 0 Å². The summed E-state index contributed by atoms with van der Waals surface area (Å²) in [6, 6.07) is 1.82. The Morgan fingerprint density at radius 3 is 2.52 bits per heavy atom. The van der Waals surface area contributed by atoms with Gasteiger partial charge in [-0.15, -0.1) is 0 Å². The SMILES string of the molecule is CC1(C)OB(c2ccnc(N3CCC(O)C3)n2)OC1(C)C. The van der Waals surface area contributed by atoms with Crippen molar-refractivity contribution in [1.82, 2.24) is 9.97 Å². The van der Waals surface area contributed by atoms with Gasteiger partial charge in [-0.3, -0.25) is 0 Å². The molecule has 6 nitrogen and oxygen atoms in total. The van der Waals surface area contributed by atoms with E-state index < -0.39 is 7.12 Å². The van der Waals surface area contributed by atoms with Crippen molar-refractivity contribution in [3.8, 4) is 0 Å². The number of anilines is 1. The highest BCUT2D eigenvalue weighted by Gasteiger charge is 2.52. The van der Waals surface area contributed by atoms with Crippen LogP contribution in [0.3, 0.4) is 0 Å². The summed E-state index contributed by atoms with van der Waals surface area (Å²) in [5, 5.41) is 9.63. The molecule has 0 amide bonds. The van der Waals surface area contributed by atoms with Gasteiger partial charge in [0.2, 0.25) is 5.95 Å². The third-order valence-electron chi connectivity index (χ3n) is 4.61. The number of rotatable bonds is 2. The van der Waals surface area contributed by atoms with Gasteiger partial charge in [0, 0.05) is 19.3 Å². The Labute approximate surface area is 125 Å². The highest BCUT2D eigenvalue weighted by molar-refractivity contribution is 6.61. The van der Waals surface area contributed by atoms with Gasteiger partial charge in [-0.05, 0) is 40.2 Å². The molecule has 3 heterocycles. The largest absolute Gasteiger partial charge is 0.514 e. The van der Waals surface area contributed by atoms with E-state index in [9.17, 15) is 5.11 Å². The van der Waals surface area contributed by atoms with Crippen molar-refractivity contribution >= 4 is 18.7 Å². The molecule has 21 heavy (non-hydrogen) atoms. The molecule has 2 aliphatic rings. The second-order valence-electron chi connectivity index (χ2n) is 6.76. The van der Waals surface area contributed by atoms with Crippen LogP contribution >= 0.6 is 0 Å². The zero-order chi connectivity index (χ0) is 15.3. The van der Waals surface area contributed by atoms with Crippen LogP contribution in [0.1, 0.15) is 34.1 Å². The number of β-amino-alcohol motifs (C(OH)–C–C–N with tert-alkyl or cyclic N) is 1. The van der Waals surface area contributed by atoms with E-state index in [0.717, 1.165) is 18.6 Å². The molecule has 0 aliphatic carbocycles. The molecule has 2 saturated heterocycles. The highest BCUT2D eigenvalue weighted by Crippen LogP contribution is 2.36. The average molecular weight is 291 g/mol. The lowest BCUT2D eigenvalue weighted by Gasteiger charge is -2.32. The first-order chi connectivity index (χ1) is 9.78. The van der Waals surface area contributed by atoms with E-state index >= 15 is 0 Å². The van der Waals surface area contributed by atoms with Crippen molar-refractivity contribution in [1.29, 1.82) is 0 Å². The van der Waals surface area contributed by atoms with Crippen molar-refractivity contribution in [2.45, 2.75) is 51.4 Å². The van der Waals surface area contributed by atoms with Crippen LogP contribution in [0.4, 0.5) is 5.95 Å². The Hall–Kier alpha value is -1.18. The Morgan fingerprint density at radius 1 is 1.29 bits per heavy atom. The summed E-state index contributed by atoms with van der Waals surface area (Å²) >= 11 is 0. The van der Waals surface area contributed by atoms with Crippen molar-refractivity contribution in [3.63, 3.8) is 0 Å². The van der Waals surface area contributed by atoms with Crippen LogP contribution in [0, 0.1) is 0 Å². The second kappa shape index (κ2) is 4.93. The quantitative estimate of drug-likeness (QED) is 0.793. The number of nitrogens with zero attached hydrogens (tertiary/aromatic N) is 3. The Morgan fingerprint density at radius 2 is 1.95 bits per heavy atom. The molecule has 3 rings (SSSR count). The maximum absolute atomic E-state index is 9.63. The molecular formula is C14H22BN3O3. The van der Waals surface area contributed by atoms with E-state index in [4.69, 9.17) is 9.31 Å². The van der Waals surface area contributed by atoms with Crippen LogP contribution in [0.5, 0.6) is 0 Å². The van der Waals surface area contributed by atoms with Crippen molar-refractivity contribution < 1.29 is 14.4 Å². The summed E-state index contributed by atoms with van der Waals surface area (Å²) in [7, 11) is -0.482. The third-order valence-corrected chi connectivity index (χ3v) is 4.61. The highest BCUT2D eigenvalue weighted by atomic mass is 16.7. The minimum absolute atomic E-state index is 0.297. The van der Waals surface area contributed by atoms with Crippen molar-refractivity contribution in [2.24, 2.45) is 0 Å². The predicted octanol–water partition coefficient (Wildman–Crippen LogP) is 0.347. The monoisotopic (exact) mass is 291 g/mol. The molecule has 1 aromatic rings. The number of hydrogen-bond acceptors (Lipinski definition) is 6. The summed E-state index contributed by atoms with van der Waals surface area (Å²) < 4.78 is 12.0. The molecule has 1 unspecified atom stereocenters. The molecule has 7 heteroatoms. The van der Waals surface area contributed by atoms with E-state index in [1.54, 1.807) is 6.20 Å². The van der Waals surface area contributed by atoms with Crippen molar-refractivity contribution in [3.05, 3.63) is 12.3 Å². The lowest BCUT2D eigenvalue weighted by Crippen LogP contribution is -2.41. The standard InChI is InChI=1S/C14H22BN3O3/c1-13(2)14(3,4)21-15(20-13)11-5-7-16-12(17-11)18-8-6-10(19)9-18/h5,7,10,19H,6,8-9H2,1-4H3. The van der Waals surface area contributed by atoms with Gasteiger partial charge in [-0.25, -0.2) is 9.97 Å². The lowest BCUT2D eigenvalue weighted by atomic mass is 9.84. The van der Waals surface area contributed by atoms with Gasteiger partial charge in [-0.1, -0.05) is 0 Å². The fourth-order valence-corrected chi connectivity index (χ4v) is 2.53. The van der Waals surface area contributed by atoms with Gasteiger partial charge in [0.15, 0.2) is 0 Å². The molecule has 1 N–H and O–H groups in total. The molecule has 1 aromatic heterocycles. The topological polar surface area (TPSA) is 67.7 Å². The number of hydrogen-bond donors (Lipinski definition) is 1. The summed E-state index contributed by atoms with van der Waals surface area (Å²) in [5.41, 5.74) is -0.0424. The molecule has 0 saturated carbocycles. The van der Waals surface area contributed by atoms with Gasteiger partial charge in [0.05, 0.1) is 22.9 Å². The normalized spacial score (nSPS) is 27.4. The van der Waals surface area contributed by atoms with Crippen LogP contribution in [-0.4, -0.2) is 52.6 Å². The van der Waals surface area contributed by atoms with E-state index in [2.05, 4.69) is 9.97 Å². The predicted molar refractivity (Wildman–Crippen MR) is 80.6 cm³/mol. The number of aliphatic hydroxyl groups is 1. The fraction of sp³-hybridized carbons (Fsp3) is 0.714. The van der Waals surface area contributed by atoms with Crippen LogP contribution < -0.4 is 10.5 Å².